The molecule has 0 spiro atoms. The molecular formula is C55H49NO. The number of nitrogens with one attached hydrogen (secondary N) is 1. The molecule has 0 radical (unpaired) electrons. The third-order valence-electron chi connectivity index (χ3n) is 10.3. The number of para-hydroxylation sites is 1. The van der Waals surface area contributed by atoms with Crippen molar-refractivity contribution in [3.05, 3.63) is 223 Å². The molecule has 2 heterocycles. The van der Waals surface area contributed by atoms with E-state index in [2.05, 4.69) is 195 Å². The average Bonchev–Trinajstić information content (AvgIpc) is 3.65. The van der Waals surface area contributed by atoms with E-state index in [-0.39, 0.29) is 0 Å². The van der Waals surface area contributed by atoms with E-state index in [9.17, 15) is 0 Å². The number of hydrogen-bond donors (Lipinski definition) is 1. The summed E-state index contributed by atoms with van der Waals surface area (Å²) in [5.41, 5.74) is 14.1. The maximum atomic E-state index is 6.13. The maximum Gasteiger partial charge on any atom is 0.138 e. The molecule has 0 atom stereocenters. The fraction of sp³-hybridized carbons (Fsp3) is 0.0909. The second-order valence-electron chi connectivity index (χ2n) is 14.0. The number of aromatic amines is 1. The molecule has 0 saturated carbocycles. The summed E-state index contributed by atoms with van der Waals surface area (Å²) in [5, 5.41) is 4.98. The summed E-state index contributed by atoms with van der Waals surface area (Å²) in [4.78, 5) is 3.51. The van der Waals surface area contributed by atoms with Crippen LogP contribution in [0.15, 0.2) is 199 Å². The number of aryl methyl sites for hydroxylation is 2. The molecule has 57 heavy (non-hydrogen) atoms. The third-order valence-corrected chi connectivity index (χ3v) is 10.3. The molecule has 0 aliphatic rings. The van der Waals surface area contributed by atoms with Gasteiger partial charge in [-0.1, -0.05) is 196 Å². The van der Waals surface area contributed by atoms with Crippen LogP contribution in [0, 0.1) is 13.8 Å². The van der Waals surface area contributed by atoms with Gasteiger partial charge in [-0.3, -0.25) is 0 Å². The van der Waals surface area contributed by atoms with Crippen LogP contribution >= 0.6 is 0 Å². The lowest BCUT2D eigenvalue weighted by Crippen LogP contribution is -1.89. The smallest absolute Gasteiger partial charge is 0.138 e. The summed E-state index contributed by atoms with van der Waals surface area (Å²) in [7, 11) is 0. The van der Waals surface area contributed by atoms with Gasteiger partial charge in [0.2, 0.25) is 0 Å². The second-order valence-corrected chi connectivity index (χ2v) is 14.0. The lowest BCUT2D eigenvalue weighted by atomic mass is 9.96. The molecule has 0 aliphatic heterocycles. The van der Waals surface area contributed by atoms with E-state index in [1.54, 1.807) is 6.08 Å². The summed E-state index contributed by atoms with van der Waals surface area (Å²) < 4.78 is 6.13. The second kappa shape index (κ2) is 18.2. The van der Waals surface area contributed by atoms with Crippen LogP contribution in [-0.2, 0) is 6.42 Å². The predicted octanol–water partition coefficient (Wildman–Crippen LogP) is 15.8. The van der Waals surface area contributed by atoms with Gasteiger partial charge in [-0.2, -0.15) is 0 Å². The molecule has 9 rings (SSSR count). The highest BCUT2D eigenvalue weighted by Gasteiger charge is 2.12. The van der Waals surface area contributed by atoms with Crippen LogP contribution in [0.5, 0.6) is 0 Å². The number of furan rings is 1. The minimum absolute atomic E-state index is 0.818. The number of hydrogen-bond acceptors (Lipinski definition) is 1. The van der Waals surface area contributed by atoms with Crippen molar-refractivity contribution in [3.63, 3.8) is 0 Å². The summed E-state index contributed by atoms with van der Waals surface area (Å²) in [5.74, 6) is 0.849. The van der Waals surface area contributed by atoms with Crippen LogP contribution in [0.1, 0.15) is 41.9 Å². The molecule has 2 heteroatoms. The molecule has 0 saturated heterocycles. The van der Waals surface area contributed by atoms with Crippen molar-refractivity contribution < 1.29 is 4.42 Å². The Morgan fingerprint density at radius 1 is 0.526 bits per heavy atom. The highest BCUT2D eigenvalue weighted by molar-refractivity contribution is 5.96. The third kappa shape index (κ3) is 8.82. The van der Waals surface area contributed by atoms with E-state index in [4.69, 9.17) is 4.42 Å². The van der Waals surface area contributed by atoms with Gasteiger partial charge in [0.25, 0.3) is 0 Å². The summed E-state index contributed by atoms with van der Waals surface area (Å²) in [6.45, 7) is 12.1. The van der Waals surface area contributed by atoms with Crippen LogP contribution in [0.4, 0.5) is 0 Å². The van der Waals surface area contributed by atoms with E-state index >= 15 is 0 Å². The number of aromatic nitrogens is 1. The molecular weight excluding hydrogens is 691 g/mol. The molecule has 7 aromatic carbocycles. The van der Waals surface area contributed by atoms with E-state index < -0.39 is 0 Å². The van der Waals surface area contributed by atoms with E-state index in [1.165, 1.54) is 66.2 Å². The molecule has 280 valence electrons. The Labute approximate surface area is 337 Å². The van der Waals surface area contributed by atoms with Crippen molar-refractivity contribution in [3.8, 4) is 33.4 Å². The Bertz CT molecular complexity index is 2800. The first kappa shape index (κ1) is 38.4. The quantitative estimate of drug-likeness (QED) is 0.181. The number of fused-ring (bicyclic) bond motifs is 3. The summed E-state index contributed by atoms with van der Waals surface area (Å²) in [6, 6.07) is 64.6. The molecule has 9 aromatic rings. The normalized spacial score (nSPS) is 10.6. The first-order valence-electron chi connectivity index (χ1n) is 19.8. The van der Waals surface area contributed by atoms with E-state index in [1.807, 2.05) is 32.2 Å². The van der Waals surface area contributed by atoms with Gasteiger partial charge in [-0.25, -0.2) is 0 Å². The monoisotopic (exact) mass is 739 g/mol. The molecule has 2 aromatic heterocycles. The topological polar surface area (TPSA) is 28.9 Å². The highest BCUT2D eigenvalue weighted by Crippen LogP contribution is 2.33. The average molecular weight is 740 g/mol. The predicted molar refractivity (Wildman–Crippen MR) is 246 cm³/mol. The Hall–Kier alpha value is -6.90. The lowest BCUT2D eigenvalue weighted by molar-refractivity contribution is 0.598. The van der Waals surface area contributed by atoms with Gasteiger partial charge in [0, 0.05) is 34.5 Å². The van der Waals surface area contributed by atoms with Gasteiger partial charge in [-0.05, 0) is 87.3 Å². The number of rotatable bonds is 6. The Morgan fingerprint density at radius 2 is 1.16 bits per heavy atom. The number of H-pyrrole nitrogens is 1. The van der Waals surface area contributed by atoms with Gasteiger partial charge in [0.1, 0.15) is 11.3 Å². The van der Waals surface area contributed by atoms with Crippen molar-refractivity contribution in [2.45, 2.75) is 34.1 Å². The molecule has 0 amide bonds. The molecule has 0 fully saturated rings. The van der Waals surface area contributed by atoms with Gasteiger partial charge in [0.05, 0.1) is 0 Å². The standard InChI is InChI=1S/C42H33NO.C11H10.C2H6/c1-3-41-29(2)37-15-10-13-36(42(37)44-41)27-30-16-18-31(19-17-30)32-20-22-33(23-21-32)35-24-25-39-38(34-11-6-4-7-12-34)14-8-5-9-26-43-40(39)28-35;1-9-6-7-10-4-2-3-5-11(10)8-9;1-2/h3-26,28,43H,1,27H2,2H3;2-8H,1H3;1-2H3. The maximum absolute atomic E-state index is 6.13. The van der Waals surface area contributed by atoms with Gasteiger partial charge >= 0.3 is 0 Å². The van der Waals surface area contributed by atoms with Crippen molar-refractivity contribution in [2.24, 2.45) is 0 Å². The summed E-state index contributed by atoms with van der Waals surface area (Å²) in [6.07, 6.45) is 4.60. The zero-order valence-corrected chi connectivity index (χ0v) is 33.3. The fourth-order valence-electron chi connectivity index (χ4n) is 7.30. The van der Waals surface area contributed by atoms with Crippen molar-refractivity contribution >= 4 is 38.7 Å². The molecule has 2 nitrogen and oxygen atoms in total. The molecule has 0 bridgehead atoms. The highest BCUT2D eigenvalue weighted by atomic mass is 16.3. The zero-order chi connectivity index (χ0) is 39.6. The first-order valence-corrected chi connectivity index (χ1v) is 19.8. The number of benzene rings is 7. The van der Waals surface area contributed by atoms with Crippen molar-refractivity contribution in [1.29, 1.82) is 0 Å². The largest absolute Gasteiger partial charge is 0.456 e. The molecule has 0 aliphatic carbocycles. The SMILES string of the molecule is C=Cc1oc2c(Cc3ccc(-c4ccc(-c5ccc6c(-c7ccccc7)ccccc[nH]c6c5)cc4)cc3)cccc2c1C.CC.Cc1ccc2ccccc2c1. The molecule has 0 unspecified atom stereocenters. The van der Waals surface area contributed by atoms with Gasteiger partial charge < -0.3 is 9.40 Å². The minimum Gasteiger partial charge on any atom is -0.456 e. The Balaban J connectivity index is 0.000000325. The summed E-state index contributed by atoms with van der Waals surface area (Å²) >= 11 is 0. The van der Waals surface area contributed by atoms with Crippen molar-refractivity contribution in [2.75, 3.05) is 0 Å². The Morgan fingerprint density at radius 3 is 1.89 bits per heavy atom. The zero-order valence-electron chi connectivity index (χ0n) is 33.3. The van der Waals surface area contributed by atoms with Crippen LogP contribution in [0.25, 0.3) is 72.1 Å². The molecule has 1 N–H and O–H groups in total. The van der Waals surface area contributed by atoms with E-state index in [0.29, 0.717) is 0 Å². The van der Waals surface area contributed by atoms with Crippen LogP contribution in [-0.4, -0.2) is 4.98 Å². The van der Waals surface area contributed by atoms with Crippen LogP contribution in [0.2, 0.25) is 0 Å². The van der Waals surface area contributed by atoms with Gasteiger partial charge in [-0.15, -0.1) is 0 Å². The van der Waals surface area contributed by atoms with Crippen molar-refractivity contribution in [1.82, 2.24) is 4.98 Å². The Kier molecular flexibility index (Phi) is 12.2. The van der Waals surface area contributed by atoms with Crippen LogP contribution < -0.4 is 0 Å². The lowest BCUT2D eigenvalue weighted by Gasteiger charge is -2.09. The fourth-order valence-corrected chi connectivity index (χ4v) is 7.30. The minimum atomic E-state index is 0.818. The van der Waals surface area contributed by atoms with E-state index in [0.717, 1.165) is 34.2 Å². The van der Waals surface area contributed by atoms with Crippen LogP contribution in [0.3, 0.4) is 0 Å². The first-order chi connectivity index (χ1) is 28.0. The van der Waals surface area contributed by atoms with Gasteiger partial charge in [0.15, 0.2) is 0 Å².